The molecule has 0 bridgehead atoms. The van der Waals surface area contributed by atoms with Gasteiger partial charge in [-0.1, -0.05) is 18.2 Å². The van der Waals surface area contributed by atoms with Crippen LogP contribution in [0.3, 0.4) is 0 Å². The average molecular weight is 282 g/mol. The highest BCUT2D eigenvalue weighted by molar-refractivity contribution is 7.99. The van der Waals surface area contributed by atoms with E-state index in [0.29, 0.717) is 18.7 Å². The molecule has 2 rings (SSSR count). The van der Waals surface area contributed by atoms with Gasteiger partial charge in [-0.2, -0.15) is 11.8 Å². The minimum atomic E-state index is -0.671. The summed E-state index contributed by atoms with van der Waals surface area (Å²) in [5, 5.41) is 2.46. The molecule has 1 aliphatic heterocycles. The molecule has 102 valence electrons. The van der Waals surface area contributed by atoms with Crippen molar-refractivity contribution < 1.29 is 14.0 Å². The van der Waals surface area contributed by atoms with Gasteiger partial charge in [0.15, 0.2) is 0 Å². The first kappa shape index (κ1) is 13.9. The average Bonchev–Trinajstić information content (AvgIpc) is 2.46. The first-order valence-electron chi connectivity index (χ1n) is 6.07. The van der Waals surface area contributed by atoms with E-state index in [1.165, 1.54) is 11.0 Å². The Bertz CT molecular complexity index is 475. The summed E-state index contributed by atoms with van der Waals surface area (Å²) < 4.78 is 13.3. The number of amides is 2. The molecule has 1 aromatic rings. The first-order chi connectivity index (χ1) is 9.18. The van der Waals surface area contributed by atoms with E-state index in [9.17, 15) is 14.0 Å². The van der Waals surface area contributed by atoms with Crippen LogP contribution in [-0.2, 0) is 16.1 Å². The monoisotopic (exact) mass is 282 g/mol. The van der Waals surface area contributed by atoms with E-state index in [-0.39, 0.29) is 12.4 Å². The zero-order chi connectivity index (χ0) is 13.7. The predicted molar refractivity (Wildman–Crippen MR) is 72.2 cm³/mol. The van der Waals surface area contributed by atoms with Crippen LogP contribution >= 0.6 is 11.8 Å². The van der Waals surface area contributed by atoms with E-state index in [1.54, 1.807) is 30.0 Å². The van der Waals surface area contributed by atoms with Crippen molar-refractivity contribution in [1.29, 1.82) is 0 Å². The number of rotatable bonds is 2. The van der Waals surface area contributed by atoms with Crippen LogP contribution in [0, 0.1) is 5.82 Å². The standard InChI is InChI=1S/C13H15FN2O2S/c14-11-4-2-1-3-10(11)9-15-12(17)13(18)16-5-7-19-8-6-16/h1-4H,5-9H2,(H,15,17). The van der Waals surface area contributed by atoms with E-state index in [0.717, 1.165) is 11.5 Å². The third-order valence-electron chi connectivity index (χ3n) is 2.89. The fourth-order valence-electron chi connectivity index (χ4n) is 1.80. The van der Waals surface area contributed by atoms with Gasteiger partial charge in [0, 0.05) is 36.7 Å². The molecule has 4 nitrogen and oxygen atoms in total. The minimum absolute atomic E-state index is 0.0276. The molecule has 0 unspecified atom stereocenters. The van der Waals surface area contributed by atoms with Crippen LogP contribution in [0.2, 0.25) is 0 Å². The number of carbonyl (C=O) groups excluding carboxylic acids is 2. The highest BCUT2D eigenvalue weighted by Crippen LogP contribution is 2.09. The number of carbonyl (C=O) groups is 2. The highest BCUT2D eigenvalue weighted by atomic mass is 32.2. The van der Waals surface area contributed by atoms with Crippen molar-refractivity contribution in [1.82, 2.24) is 10.2 Å². The lowest BCUT2D eigenvalue weighted by Crippen LogP contribution is -2.46. The maximum Gasteiger partial charge on any atom is 0.311 e. The van der Waals surface area contributed by atoms with Gasteiger partial charge in [-0.05, 0) is 6.07 Å². The zero-order valence-electron chi connectivity index (χ0n) is 10.4. The summed E-state index contributed by atoms with van der Waals surface area (Å²) in [6.45, 7) is 1.22. The van der Waals surface area contributed by atoms with Crippen LogP contribution < -0.4 is 5.32 Å². The second-order valence-electron chi connectivity index (χ2n) is 4.18. The van der Waals surface area contributed by atoms with Crippen molar-refractivity contribution in [3.8, 4) is 0 Å². The quantitative estimate of drug-likeness (QED) is 0.824. The lowest BCUT2D eigenvalue weighted by atomic mass is 10.2. The maximum atomic E-state index is 13.3. The molecule has 0 spiro atoms. The Hall–Kier alpha value is -1.56. The van der Waals surface area contributed by atoms with E-state index < -0.39 is 11.8 Å². The lowest BCUT2D eigenvalue weighted by molar-refractivity contribution is -0.145. The van der Waals surface area contributed by atoms with Crippen molar-refractivity contribution in [2.75, 3.05) is 24.6 Å². The second kappa shape index (κ2) is 6.56. The van der Waals surface area contributed by atoms with Crippen LogP contribution in [0.1, 0.15) is 5.56 Å². The Morgan fingerprint density at radius 1 is 1.26 bits per heavy atom. The second-order valence-corrected chi connectivity index (χ2v) is 5.40. The molecule has 1 N–H and O–H groups in total. The normalized spacial score (nSPS) is 15.1. The first-order valence-corrected chi connectivity index (χ1v) is 7.22. The summed E-state index contributed by atoms with van der Waals surface area (Å²) in [7, 11) is 0. The van der Waals surface area contributed by atoms with Crippen LogP contribution in [0.25, 0.3) is 0 Å². The molecule has 0 radical (unpaired) electrons. The number of hydrogen-bond donors (Lipinski definition) is 1. The van der Waals surface area contributed by atoms with Crippen LogP contribution in [0.15, 0.2) is 24.3 Å². The summed E-state index contributed by atoms with van der Waals surface area (Å²) in [6.07, 6.45) is 0. The Morgan fingerprint density at radius 3 is 2.63 bits per heavy atom. The molecule has 6 heteroatoms. The third-order valence-corrected chi connectivity index (χ3v) is 3.83. The van der Waals surface area contributed by atoms with E-state index >= 15 is 0 Å². The van der Waals surface area contributed by atoms with Crippen LogP contribution in [0.4, 0.5) is 4.39 Å². The van der Waals surface area contributed by atoms with Crippen molar-refractivity contribution in [3.05, 3.63) is 35.6 Å². The van der Waals surface area contributed by atoms with Gasteiger partial charge in [0.05, 0.1) is 0 Å². The van der Waals surface area contributed by atoms with E-state index in [1.807, 2.05) is 0 Å². The largest absolute Gasteiger partial charge is 0.344 e. The summed E-state index contributed by atoms with van der Waals surface area (Å²) in [5.74, 6) is 0.120. The Balaban J connectivity index is 1.87. The number of nitrogens with one attached hydrogen (secondary N) is 1. The number of nitrogens with zero attached hydrogens (tertiary/aromatic N) is 1. The molecular weight excluding hydrogens is 267 g/mol. The maximum absolute atomic E-state index is 13.3. The van der Waals surface area contributed by atoms with Crippen molar-refractivity contribution >= 4 is 23.6 Å². The molecule has 0 aliphatic carbocycles. The molecule has 2 amide bonds. The van der Waals surface area contributed by atoms with Crippen molar-refractivity contribution in [2.24, 2.45) is 0 Å². The van der Waals surface area contributed by atoms with Gasteiger partial charge >= 0.3 is 11.8 Å². The van der Waals surface area contributed by atoms with Gasteiger partial charge in [0.2, 0.25) is 0 Å². The molecule has 1 aromatic carbocycles. The number of thioether (sulfide) groups is 1. The zero-order valence-corrected chi connectivity index (χ0v) is 11.2. The fraction of sp³-hybridized carbons (Fsp3) is 0.385. The highest BCUT2D eigenvalue weighted by Gasteiger charge is 2.23. The SMILES string of the molecule is O=C(NCc1ccccc1F)C(=O)N1CCSCC1. The Kier molecular flexibility index (Phi) is 4.79. The topological polar surface area (TPSA) is 49.4 Å². The number of hydrogen-bond acceptors (Lipinski definition) is 3. The molecule has 1 saturated heterocycles. The summed E-state index contributed by atoms with van der Waals surface area (Å²) in [5.41, 5.74) is 0.373. The predicted octanol–water partition coefficient (Wildman–Crippen LogP) is 1.02. The minimum Gasteiger partial charge on any atom is -0.344 e. The number of benzene rings is 1. The van der Waals surface area contributed by atoms with Crippen LogP contribution in [-0.4, -0.2) is 41.3 Å². The molecule has 1 heterocycles. The van der Waals surface area contributed by atoms with Crippen molar-refractivity contribution in [2.45, 2.75) is 6.54 Å². The Morgan fingerprint density at radius 2 is 1.95 bits per heavy atom. The molecule has 1 fully saturated rings. The van der Waals surface area contributed by atoms with Gasteiger partial charge < -0.3 is 10.2 Å². The lowest BCUT2D eigenvalue weighted by Gasteiger charge is -2.25. The molecule has 0 aromatic heterocycles. The molecule has 19 heavy (non-hydrogen) atoms. The number of halogens is 1. The van der Waals surface area contributed by atoms with Gasteiger partial charge in [0.25, 0.3) is 0 Å². The van der Waals surface area contributed by atoms with Gasteiger partial charge in [-0.25, -0.2) is 4.39 Å². The smallest absolute Gasteiger partial charge is 0.311 e. The Labute approximate surface area is 115 Å². The van der Waals surface area contributed by atoms with Gasteiger partial charge in [-0.3, -0.25) is 9.59 Å². The van der Waals surface area contributed by atoms with Gasteiger partial charge in [-0.15, -0.1) is 0 Å². The van der Waals surface area contributed by atoms with Crippen molar-refractivity contribution in [3.63, 3.8) is 0 Å². The van der Waals surface area contributed by atoms with Crippen LogP contribution in [0.5, 0.6) is 0 Å². The van der Waals surface area contributed by atoms with Gasteiger partial charge in [0.1, 0.15) is 5.82 Å². The molecule has 0 saturated carbocycles. The third kappa shape index (κ3) is 3.70. The summed E-state index contributed by atoms with van der Waals surface area (Å²) >= 11 is 1.76. The summed E-state index contributed by atoms with van der Waals surface area (Å²) in [6, 6.07) is 6.17. The fourth-order valence-corrected chi connectivity index (χ4v) is 2.71. The summed E-state index contributed by atoms with van der Waals surface area (Å²) in [4.78, 5) is 25.0. The van der Waals surface area contributed by atoms with E-state index in [4.69, 9.17) is 0 Å². The molecular formula is C13H15FN2O2S. The molecule has 0 atom stereocenters. The van der Waals surface area contributed by atoms with E-state index in [2.05, 4.69) is 5.32 Å². The molecule has 1 aliphatic rings.